The molecule has 2 heterocycles. The zero-order valence-corrected chi connectivity index (χ0v) is 9.45. The van der Waals surface area contributed by atoms with E-state index in [1.54, 1.807) is 12.1 Å². The van der Waals surface area contributed by atoms with Gasteiger partial charge in [-0.05, 0) is 18.2 Å². The number of alkyl halides is 3. The summed E-state index contributed by atoms with van der Waals surface area (Å²) in [4.78, 5) is 18.3. The van der Waals surface area contributed by atoms with Gasteiger partial charge >= 0.3 is 6.18 Å². The van der Waals surface area contributed by atoms with Gasteiger partial charge in [0.25, 0.3) is 5.56 Å². The summed E-state index contributed by atoms with van der Waals surface area (Å²) in [7, 11) is 0. The van der Waals surface area contributed by atoms with Gasteiger partial charge in [-0.15, -0.1) is 0 Å². The summed E-state index contributed by atoms with van der Waals surface area (Å²) >= 11 is 0. The molecule has 0 spiro atoms. The van der Waals surface area contributed by atoms with Crippen molar-refractivity contribution in [2.24, 2.45) is 0 Å². The second-order valence-electron chi connectivity index (χ2n) is 4.08. The molecule has 96 valence electrons. The van der Waals surface area contributed by atoms with Crippen molar-refractivity contribution >= 4 is 21.8 Å². The van der Waals surface area contributed by atoms with Crippen LogP contribution in [0.15, 0.2) is 41.3 Å². The minimum Gasteiger partial charge on any atom is -0.320 e. The highest BCUT2D eigenvalue weighted by atomic mass is 19.4. The van der Waals surface area contributed by atoms with Crippen LogP contribution in [-0.4, -0.2) is 9.97 Å². The molecule has 3 rings (SSSR count). The number of hydrogen-bond donors (Lipinski definition) is 1. The van der Waals surface area contributed by atoms with E-state index in [2.05, 4.69) is 9.97 Å². The first-order chi connectivity index (χ1) is 8.98. The van der Waals surface area contributed by atoms with Gasteiger partial charge in [-0.1, -0.05) is 12.1 Å². The number of nitrogens with one attached hydrogen (secondary N) is 1. The highest BCUT2D eigenvalue weighted by Crippen LogP contribution is 2.34. The SMILES string of the molecule is O=c1[nH]c2cccnc2c2cccc(C(F)(F)F)c12. The van der Waals surface area contributed by atoms with E-state index in [9.17, 15) is 18.0 Å². The molecule has 3 nitrogen and oxygen atoms in total. The molecule has 0 saturated heterocycles. The molecule has 0 aliphatic heterocycles. The van der Waals surface area contributed by atoms with Crippen LogP contribution in [0.1, 0.15) is 5.56 Å². The van der Waals surface area contributed by atoms with Crippen molar-refractivity contribution < 1.29 is 13.2 Å². The molecule has 0 bridgehead atoms. The van der Waals surface area contributed by atoms with Crippen LogP contribution in [0.4, 0.5) is 13.2 Å². The molecule has 1 N–H and O–H groups in total. The predicted octanol–water partition coefficient (Wildman–Crippen LogP) is 3.10. The van der Waals surface area contributed by atoms with Crippen LogP contribution in [0.5, 0.6) is 0 Å². The largest absolute Gasteiger partial charge is 0.417 e. The Bertz CT molecular complexity index is 837. The van der Waals surface area contributed by atoms with E-state index in [0.29, 0.717) is 11.0 Å². The normalized spacial score (nSPS) is 12.2. The Morgan fingerprint density at radius 1 is 1.11 bits per heavy atom. The number of aromatic amines is 1. The molecule has 3 aromatic rings. The van der Waals surface area contributed by atoms with Crippen LogP contribution in [0, 0.1) is 0 Å². The lowest BCUT2D eigenvalue weighted by Crippen LogP contribution is -2.14. The minimum absolute atomic E-state index is 0.203. The standard InChI is InChI=1S/C13H7F3N2O/c14-13(15,16)8-4-1-3-7-10(8)12(19)18-9-5-2-6-17-11(7)9/h1-6H,(H,18,19). The number of rotatable bonds is 0. The topological polar surface area (TPSA) is 45.8 Å². The lowest BCUT2D eigenvalue weighted by Gasteiger charge is -2.10. The van der Waals surface area contributed by atoms with Gasteiger partial charge in [0.15, 0.2) is 0 Å². The fourth-order valence-electron chi connectivity index (χ4n) is 2.14. The number of hydrogen-bond acceptors (Lipinski definition) is 2. The van der Waals surface area contributed by atoms with Crippen LogP contribution in [0.3, 0.4) is 0 Å². The molecule has 0 aliphatic carbocycles. The summed E-state index contributed by atoms with van der Waals surface area (Å²) in [5.74, 6) is 0. The van der Waals surface area contributed by atoms with E-state index in [1.165, 1.54) is 18.3 Å². The van der Waals surface area contributed by atoms with Gasteiger partial charge in [-0.2, -0.15) is 13.2 Å². The van der Waals surface area contributed by atoms with E-state index in [0.717, 1.165) is 6.07 Å². The Kier molecular flexibility index (Phi) is 2.35. The smallest absolute Gasteiger partial charge is 0.320 e. The van der Waals surface area contributed by atoms with Crippen molar-refractivity contribution in [2.45, 2.75) is 6.18 Å². The Morgan fingerprint density at radius 3 is 2.63 bits per heavy atom. The molecule has 0 saturated carbocycles. The number of halogens is 3. The van der Waals surface area contributed by atoms with Gasteiger partial charge in [-0.25, -0.2) is 0 Å². The Hall–Kier alpha value is -2.37. The molecule has 0 radical (unpaired) electrons. The van der Waals surface area contributed by atoms with Crippen LogP contribution in [-0.2, 0) is 6.18 Å². The van der Waals surface area contributed by atoms with Gasteiger partial charge in [-0.3, -0.25) is 9.78 Å². The molecular weight excluding hydrogens is 257 g/mol. The van der Waals surface area contributed by atoms with E-state index in [1.807, 2.05) is 0 Å². The lowest BCUT2D eigenvalue weighted by molar-refractivity contribution is -0.136. The summed E-state index contributed by atoms with van der Waals surface area (Å²) in [5, 5.41) is -0.171. The Balaban J connectivity index is 2.59. The molecule has 19 heavy (non-hydrogen) atoms. The Morgan fingerprint density at radius 2 is 1.89 bits per heavy atom. The third-order valence-corrected chi connectivity index (χ3v) is 2.91. The molecule has 0 unspecified atom stereocenters. The molecule has 1 aromatic carbocycles. The number of nitrogens with zero attached hydrogens (tertiary/aromatic N) is 1. The number of fused-ring (bicyclic) bond motifs is 3. The first-order valence-electron chi connectivity index (χ1n) is 5.45. The second-order valence-corrected chi connectivity index (χ2v) is 4.08. The predicted molar refractivity (Wildman–Crippen MR) is 64.9 cm³/mol. The van der Waals surface area contributed by atoms with Crippen molar-refractivity contribution in [2.75, 3.05) is 0 Å². The van der Waals surface area contributed by atoms with E-state index >= 15 is 0 Å². The lowest BCUT2D eigenvalue weighted by atomic mass is 10.0. The fourth-order valence-corrected chi connectivity index (χ4v) is 2.14. The molecule has 2 aromatic heterocycles. The van der Waals surface area contributed by atoms with Gasteiger partial charge in [0.2, 0.25) is 0 Å². The average molecular weight is 264 g/mol. The highest BCUT2D eigenvalue weighted by Gasteiger charge is 2.33. The van der Waals surface area contributed by atoms with Crippen molar-refractivity contribution in [3.63, 3.8) is 0 Å². The molecule has 6 heteroatoms. The van der Waals surface area contributed by atoms with Crippen LogP contribution >= 0.6 is 0 Å². The Labute approximate surface area is 104 Å². The monoisotopic (exact) mass is 264 g/mol. The number of benzene rings is 1. The van der Waals surface area contributed by atoms with Crippen LogP contribution in [0.2, 0.25) is 0 Å². The zero-order chi connectivity index (χ0) is 13.6. The van der Waals surface area contributed by atoms with Crippen molar-refractivity contribution in [1.82, 2.24) is 9.97 Å². The maximum absolute atomic E-state index is 12.9. The third kappa shape index (κ3) is 1.76. The molecule has 0 fully saturated rings. The van der Waals surface area contributed by atoms with Crippen LogP contribution in [0.25, 0.3) is 21.8 Å². The van der Waals surface area contributed by atoms with Gasteiger partial charge in [0.05, 0.1) is 22.0 Å². The van der Waals surface area contributed by atoms with E-state index in [-0.39, 0.29) is 10.8 Å². The molecule has 0 atom stereocenters. The first kappa shape index (κ1) is 11.7. The number of H-pyrrole nitrogens is 1. The van der Waals surface area contributed by atoms with Crippen LogP contribution < -0.4 is 5.56 Å². The van der Waals surface area contributed by atoms with Gasteiger partial charge < -0.3 is 4.98 Å². The van der Waals surface area contributed by atoms with E-state index < -0.39 is 17.3 Å². The van der Waals surface area contributed by atoms with Gasteiger partial charge in [0, 0.05) is 11.6 Å². The maximum Gasteiger partial charge on any atom is 0.417 e. The molecule has 0 aliphatic rings. The summed E-state index contributed by atoms with van der Waals surface area (Å²) in [6, 6.07) is 6.85. The summed E-state index contributed by atoms with van der Waals surface area (Å²) in [6.07, 6.45) is -3.10. The number of pyridine rings is 2. The van der Waals surface area contributed by atoms with Crippen molar-refractivity contribution in [1.29, 1.82) is 0 Å². The molecular formula is C13H7F3N2O. The minimum atomic E-state index is -4.57. The summed E-state index contributed by atoms with van der Waals surface area (Å²) < 4.78 is 38.8. The molecule has 0 amide bonds. The van der Waals surface area contributed by atoms with Gasteiger partial charge in [0.1, 0.15) is 0 Å². The fraction of sp³-hybridized carbons (Fsp3) is 0.0769. The van der Waals surface area contributed by atoms with E-state index in [4.69, 9.17) is 0 Å². The number of aromatic nitrogens is 2. The summed E-state index contributed by atoms with van der Waals surface area (Å²) in [5.41, 5.74) is -0.940. The third-order valence-electron chi connectivity index (χ3n) is 2.91. The summed E-state index contributed by atoms with van der Waals surface area (Å²) in [6.45, 7) is 0. The van der Waals surface area contributed by atoms with Crippen molar-refractivity contribution in [3.8, 4) is 0 Å². The maximum atomic E-state index is 12.9. The highest BCUT2D eigenvalue weighted by molar-refractivity contribution is 6.04. The first-order valence-corrected chi connectivity index (χ1v) is 5.45. The van der Waals surface area contributed by atoms with Crippen molar-refractivity contribution in [3.05, 3.63) is 52.4 Å². The quantitative estimate of drug-likeness (QED) is 0.634. The zero-order valence-electron chi connectivity index (χ0n) is 9.45. The second kappa shape index (κ2) is 3.81. The average Bonchev–Trinajstić information content (AvgIpc) is 2.37.